The molecule has 0 aliphatic carbocycles. The molecule has 0 spiro atoms. The molecule has 0 fully saturated rings. The highest BCUT2D eigenvalue weighted by Crippen LogP contribution is 2.21. The minimum Gasteiger partial charge on any atom is -0.384 e. The van der Waals surface area contributed by atoms with Crippen LogP contribution in [0.5, 0.6) is 0 Å². The van der Waals surface area contributed by atoms with E-state index in [0.29, 0.717) is 16.8 Å². The third-order valence-electron chi connectivity index (χ3n) is 3.01. The van der Waals surface area contributed by atoms with Crippen molar-refractivity contribution in [3.05, 3.63) is 65.2 Å². The zero-order chi connectivity index (χ0) is 15.5. The fraction of sp³-hybridized carbons (Fsp3) is 0.133. The van der Waals surface area contributed by atoms with Crippen LogP contribution < -0.4 is 10.5 Å². The Morgan fingerprint density at radius 3 is 2.43 bits per heavy atom. The summed E-state index contributed by atoms with van der Waals surface area (Å²) in [6.07, 6.45) is 0. The minimum absolute atomic E-state index is 0.126. The van der Waals surface area contributed by atoms with Crippen molar-refractivity contribution in [3.8, 4) is 0 Å². The van der Waals surface area contributed by atoms with Crippen molar-refractivity contribution >= 4 is 21.5 Å². The molecule has 4 N–H and O–H groups in total. The van der Waals surface area contributed by atoms with Crippen molar-refractivity contribution in [2.45, 2.75) is 12.7 Å². The first-order chi connectivity index (χ1) is 9.89. The second kappa shape index (κ2) is 5.97. The maximum Gasteiger partial charge on any atom is 0.236 e. The van der Waals surface area contributed by atoms with Crippen LogP contribution in [0.4, 0.5) is 5.69 Å². The van der Waals surface area contributed by atoms with Crippen LogP contribution in [0, 0.1) is 12.3 Å². The third-order valence-corrected chi connectivity index (χ3v) is 4.25. The lowest BCUT2D eigenvalue weighted by Crippen LogP contribution is -2.20. The highest BCUT2D eigenvalue weighted by molar-refractivity contribution is 7.91. The third kappa shape index (κ3) is 3.82. The summed E-state index contributed by atoms with van der Waals surface area (Å²) >= 11 is 0. The molecule has 0 atom stereocenters. The van der Waals surface area contributed by atoms with E-state index in [-0.39, 0.29) is 11.6 Å². The van der Waals surface area contributed by atoms with Gasteiger partial charge >= 0.3 is 0 Å². The molecule has 2 rings (SSSR count). The lowest BCUT2D eigenvalue weighted by molar-refractivity contribution is 0.600. The van der Waals surface area contributed by atoms with E-state index in [0.717, 1.165) is 5.56 Å². The van der Waals surface area contributed by atoms with Crippen molar-refractivity contribution < 1.29 is 8.42 Å². The monoisotopic (exact) mass is 303 g/mol. The smallest absolute Gasteiger partial charge is 0.236 e. The number of sulfonamides is 1. The van der Waals surface area contributed by atoms with E-state index in [2.05, 4.69) is 4.72 Å². The number of rotatable bonds is 5. The lowest BCUT2D eigenvalue weighted by atomic mass is 10.1. The number of amidine groups is 1. The Kier molecular flexibility index (Phi) is 4.28. The number of nitrogen functional groups attached to an aromatic ring is 1. The molecule has 0 unspecified atom stereocenters. The normalized spacial score (nSPS) is 11.1. The number of benzene rings is 2. The summed E-state index contributed by atoms with van der Waals surface area (Å²) in [5.74, 6) is -0.287. The van der Waals surface area contributed by atoms with E-state index in [1.54, 1.807) is 49.4 Å². The maximum atomic E-state index is 12.2. The Morgan fingerprint density at radius 2 is 1.81 bits per heavy atom. The van der Waals surface area contributed by atoms with E-state index in [1.165, 1.54) is 0 Å². The van der Waals surface area contributed by atoms with E-state index in [9.17, 15) is 8.42 Å². The van der Waals surface area contributed by atoms with Gasteiger partial charge in [0.05, 0.1) is 11.4 Å². The molecule has 5 nitrogen and oxygen atoms in total. The first-order valence-corrected chi connectivity index (χ1v) is 8.03. The largest absolute Gasteiger partial charge is 0.384 e. The van der Waals surface area contributed by atoms with Gasteiger partial charge in [0.15, 0.2) is 0 Å². The Hall–Kier alpha value is -2.34. The summed E-state index contributed by atoms with van der Waals surface area (Å²) in [6.45, 7) is 1.78. The molecule has 0 aliphatic rings. The van der Waals surface area contributed by atoms with Gasteiger partial charge in [-0.2, -0.15) is 0 Å². The molecule has 6 heteroatoms. The molecule has 0 saturated heterocycles. The van der Waals surface area contributed by atoms with Crippen LogP contribution in [-0.2, 0) is 15.8 Å². The molecular weight excluding hydrogens is 286 g/mol. The second-order valence-corrected chi connectivity index (χ2v) is 6.48. The van der Waals surface area contributed by atoms with E-state index in [4.69, 9.17) is 11.1 Å². The average Bonchev–Trinajstić information content (AvgIpc) is 2.38. The van der Waals surface area contributed by atoms with Crippen LogP contribution in [0.25, 0.3) is 0 Å². The number of hydrogen-bond donors (Lipinski definition) is 3. The van der Waals surface area contributed by atoms with Crippen LogP contribution in [0.1, 0.15) is 16.7 Å². The predicted molar refractivity (Wildman–Crippen MR) is 84.9 cm³/mol. The predicted octanol–water partition coefficient (Wildman–Crippen LogP) is 2.22. The molecule has 0 aliphatic heterocycles. The van der Waals surface area contributed by atoms with Crippen LogP contribution in [0.15, 0.2) is 48.5 Å². The number of nitrogens with one attached hydrogen (secondary N) is 2. The summed E-state index contributed by atoms with van der Waals surface area (Å²) in [4.78, 5) is 0. The van der Waals surface area contributed by atoms with Crippen molar-refractivity contribution in [1.82, 2.24) is 0 Å². The standard InChI is InChI=1S/C15H17N3O2S/c1-11-6-5-9-13(14(11)15(16)17)18-21(19,20)10-12-7-3-2-4-8-12/h2-9,18H,10H2,1H3,(H3,16,17). The zero-order valence-electron chi connectivity index (χ0n) is 11.6. The van der Waals surface area contributed by atoms with Gasteiger partial charge in [0, 0.05) is 5.56 Å². The Morgan fingerprint density at radius 1 is 1.14 bits per heavy atom. The van der Waals surface area contributed by atoms with Gasteiger partial charge in [0.1, 0.15) is 5.84 Å². The summed E-state index contributed by atoms with van der Waals surface area (Å²) in [5, 5.41) is 7.59. The fourth-order valence-corrected chi connectivity index (χ4v) is 3.32. The number of hydrogen-bond acceptors (Lipinski definition) is 3. The molecule has 0 saturated carbocycles. The van der Waals surface area contributed by atoms with Crippen LogP contribution in [0.2, 0.25) is 0 Å². The zero-order valence-corrected chi connectivity index (χ0v) is 12.4. The first-order valence-electron chi connectivity index (χ1n) is 6.37. The number of aryl methyl sites for hydroxylation is 1. The molecule has 2 aromatic rings. The Bertz CT molecular complexity index is 756. The molecule has 0 bridgehead atoms. The van der Waals surface area contributed by atoms with Crippen molar-refractivity contribution in [1.29, 1.82) is 5.41 Å². The Labute approximate surface area is 124 Å². The SMILES string of the molecule is Cc1cccc(NS(=O)(=O)Cc2ccccc2)c1C(=N)N. The number of anilines is 1. The molecule has 0 amide bonds. The highest BCUT2D eigenvalue weighted by atomic mass is 32.2. The molecule has 0 radical (unpaired) electrons. The topological polar surface area (TPSA) is 96.0 Å². The van der Waals surface area contributed by atoms with Crippen LogP contribution in [-0.4, -0.2) is 14.3 Å². The van der Waals surface area contributed by atoms with Gasteiger partial charge in [0.2, 0.25) is 10.0 Å². The van der Waals surface area contributed by atoms with Gasteiger partial charge in [-0.1, -0.05) is 42.5 Å². The van der Waals surface area contributed by atoms with Gasteiger partial charge in [-0.15, -0.1) is 0 Å². The molecule has 2 aromatic carbocycles. The summed E-state index contributed by atoms with van der Waals surface area (Å²) in [6, 6.07) is 14.0. The van der Waals surface area contributed by atoms with Crippen LogP contribution >= 0.6 is 0 Å². The summed E-state index contributed by atoms with van der Waals surface area (Å²) in [5.41, 5.74) is 7.73. The van der Waals surface area contributed by atoms with E-state index >= 15 is 0 Å². The molecule has 0 heterocycles. The van der Waals surface area contributed by atoms with Gasteiger partial charge in [-0.3, -0.25) is 10.1 Å². The molecule has 0 aromatic heterocycles. The van der Waals surface area contributed by atoms with Gasteiger partial charge < -0.3 is 5.73 Å². The minimum atomic E-state index is -3.56. The highest BCUT2D eigenvalue weighted by Gasteiger charge is 2.16. The van der Waals surface area contributed by atoms with E-state index < -0.39 is 10.0 Å². The molecular formula is C15H17N3O2S. The molecule has 110 valence electrons. The fourth-order valence-electron chi connectivity index (χ4n) is 2.11. The van der Waals surface area contributed by atoms with Crippen LogP contribution in [0.3, 0.4) is 0 Å². The van der Waals surface area contributed by atoms with Gasteiger partial charge in [-0.25, -0.2) is 8.42 Å². The second-order valence-electron chi connectivity index (χ2n) is 4.76. The Balaban J connectivity index is 2.29. The quantitative estimate of drug-likeness (QED) is 0.583. The summed E-state index contributed by atoms with van der Waals surface area (Å²) in [7, 11) is -3.56. The number of nitrogens with two attached hydrogens (primary N) is 1. The molecule has 21 heavy (non-hydrogen) atoms. The van der Waals surface area contributed by atoms with Crippen molar-refractivity contribution in [3.63, 3.8) is 0 Å². The average molecular weight is 303 g/mol. The maximum absolute atomic E-state index is 12.2. The lowest BCUT2D eigenvalue weighted by Gasteiger charge is -2.13. The van der Waals surface area contributed by atoms with Crippen molar-refractivity contribution in [2.75, 3.05) is 4.72 Å². The van der Waals surface area contributed by atoms with Gasteiger partial charge in [0.25, 0.3) is 0 Å². The van der Waals surface area contributed by atoms with Crippen molar-refractivity contribution in [2.24, 2.45) is 5.73 Å². The van der Waals surface area contributed by atoms with E-state index in [1.807, 2.05) is 6.07 Å². The first kappa shape index (κ1) is 15.1. The summed E-state index contributed by atoms with van der Waals surface area (Å²) < 4.78 is 27.0. The van der Waals surface area contributed by atoms with Gasteiger partial charge in [-0.05, 0) is 24.1 Å².